The van der Waals surface area contributed by atoms with E-state index in [1.165, 1.54) is 7.11 Å². The molecule has 7 nitrogen and oxygen atoms in total. The number of hydrogen-bond acceptors (Lipinski definition) is 5. The molecule has 0 atom stereocenters. The Kier molecular flexibility index (Phi) is 4.56. The van der Waals surface area contributed by atoms with E-state index in [-0.39, 0.29) is 18.1 Å². The van der Waals surface area contributed by atoms with Gasteiger partial charge in [-0.05, 0) is 24.3 Å². The lowest BCUT2D eigenvalue weighted by molar-refractivity contribution is -0.118. The van der Waals surface area contributed by atoms with Gasteiger partial charge in [0.25, 0.3) is 11.8 Å². The molecule has 1 aromatic heterocycles. The standard InChI is InChI=1S/C18H16N2O5/c1-23-12-7-8-13-14(9-12)25-17(18(19)22)16(13)20-15(21)10-24-11-5-3-2-4-6-11/h2-9H,10H2,1H3,(H2,19,22)(H,20,21). The minimum atomic E-state index is -0.783. The molecule has 0 aliphatic carbocycles. The van der Waals surface area contributed by atoms with E-state index < -0.39 is 11.8 Å². The van der Waals surface area contributed by atoms with Crippen molar-refractivity contribution in [3.05, 3.63) is 54.3 Å². The van der Waals surface area contributed by atoms with Gasteiger partial charge in [0, 0.05) is 11.5 Å². The van der Waals surface area contributed by atoms with E-state index in [0.717, 1.165) is 0 Å². The zero-order valence-corrected chi connectivity index (χ0v) is 13.4. The highest BCUT2D eigenvalue weighted by molar-refractivity contribution is 6.10. The highest BCUT2D eigenvalue weighted by atomic mass is 16.5. The molecule has 0 aliphatic heterocycles. The van der Waals surface area contributed by atoms with E-state index in [0.29, 0.717) is 22.5 Å². The van der Waals surface area contributed by atoms with Crippen LogP contribution in [0.15, 0.2) is 52.9 Å². The second-order valence-corrected chi connectivity index (χ2v) is 5.18. The molecule has 3 rings (SSSR count). The van der Waals surface area contributed by atoms with Crippen LogP contribution in [0.2, 0.25) is 0 Å². The van der Waals surface area contributed by atoms with Gasteiger partial charge < -0.3 is 24.9 Å². The number of hydrogen-bond donors (Lipinski definition) is 2. The molecule has 2 aromatic carbocycles. The van der Waals surface area contributed by atoms with Crippen LogP contribution in [0.5, 0.6) is 11.5 Å². The van der Waals surface area contributed by atoms with Crippen molar-refractivity contribution < 1.29 is 23.5 Å². The number of carbonyl (C=O) groups is 2. The number of furan rings is 1. The van der Waals surface area contributed by atoms with Crippen LogP contribution in [-0.2, 0) is 4.79 Å². The first-order chi connectivity index (χ1) is 12.1. The summed E-state index contributed by atoms with van der Waals surface area (Å²) >= 11 is 0. The van der Waals surface area contributed by atoms with E-state index in [1.807, 2.05) is 6.07 Å². The average molecular weight is 340 g/mol. The molecular formula is C18H16N2O5. The minimum absolute atomic E-state index is 0.128. The van der Waals surface area contributed by atoms with Gasteiger partial charge in [-0.1, -0.05) is 18.2 Å². The Morgan fingerprint density at radius 1 is 1.12 bits per heavy atom. The molecule has 3 aromatic rings. The van der Waals surface area contributed by atoms with E-state index in [4.69, 9.17) is 19.6 Å². The summed E-state index contributed by atoms with van der Waals surface area (Å²) in [6.45, 7) is -0.217. The van der Waals surface area contributed by atoms with Crippen LogP contribution in [0.25, 0.3) is 11.0 Å². The molecule has 0 fully saturated rings. The van der Waals surface area contributed by atoms with E-state index >= 15 is 0 Å². The second kappa shape index (κ2) is 6.96. The van der Waals surface area contributed by atoms with Crippen LogP contribution >= 0.6 is 0 Å². The molecular weight excluding hydrogens is 324 g/mol. The molecule has 0 spiro atoms. The number of nitrogens with one attached hydrogen (secondary N) is 1. The lowest BCUT2D eigenvalue weighted by atomic mass is 10.2. The molecule has 1 heterocycles. The number of benzene rings is 2. The van der Waals surface area contributed by atoms with Crippen molar-refractivity contribution in [2.45, 2.75) is 0 Å². The number of fused-ring (bicyclic) bond motifs is 1. The second-order valence-electron chi connectivity index (χ2n) is 5.18. The first kappa shape index (κ1) is 16.4. The summed E-state index contributed by atoms with van der Waals surface area (Å²) in [5.41, 5.74) is 5.94. The number of para-hydroxylation sites is 1. The number of amides is 2. The Hall–Kier alpha value is -3.48. The third-order valence-corrected chi connectivity index (χ3v) is 3.50. The maximum atomic E-state index is 12.2. The predicted octanol–water partition coefficient (Wildman–Crippen LogP) is 2.56. The van der Waals surface area contributed by atoms with Gasteiger partial charge in [0.2, 0.25) is 5.76 Å². The summed E-state index contributed by atoms with van der Waals surface area (Å²) < 4.78 is 16.0. The van der Waals surface area contributed by atoms with Crippen LogP contribution in [-0.4, -0.2) is 25.5 Å². The van der Waals surface area contributed by atoms with Gasteiger partial charge in [0.1, 0.15) is 22.8 Å². The zero-order valence-electron chi connectivity index (χ0n) is 13.4. The van der Waals surface area contributed by atoms with Gasteiger partial charge in [-0.3, -0.25) is 9.59 Å². The summed E-state index contributed by atoms with van der Waals surface area (Å²) in [6, 6.07) is 13.9. The number of primary amides is 1. The quantitative estimate of drug-likeness (QED) is 0.718. The van der Waals surface area contributed by atoms with Gasteiger partial charge in [-0.25, -0.2) is 0 Å². The Balaban J connectivity index is 1.82. The third kappa shape index (κ3) is 3.55. The van der Waals surface area contributed by atoms with Crippen molar-refractivity contribution in [3.63, 3.8) is 0 Å². The number of methoxy groups -OCH3 is 1. The van der Waals surface area contributed by atoms with Crippen molar-refractivity contribution in [1.29, 1.82) is 0 Å². The molecule has 0 bridgehead atoms. The van der Waals surface area contributed by atoms with Crippen LogP contribution < -0.4 is 20.5 Å². The monoisotopic (exact) mass is 340 g/mol. The average Bonchev–Trinajstić information content (AvgIpc) is 2.98. The molecule has 2 amide bonds. The number of rotatable bonds is 6. The normalized spacial score (nSPS) is 10.4. The lowest BCUT2D eigenvalue weighted by Crippen LogP contribution is -2.22. The summed E-state index contributed by atoms with van der Waals surface area (Å²) in [5, 5.41) is 3.17. The van der Waals surface area contributed by atoms with E-state index in [1.54, 1.807) is 42.5 Å². The van der Waals surface area contributed by atoms with Crippen LogP contribution in [0.1, 0.15) is 10.6 Å². The molecule has 128 valence electrons. The van der Waals surface area contributed by atoms with E-state index in [2.05, 4.69) is 5.32 Å². The molecule has 7 heteroatoms. The predicted molar refractivity (Wildman–Crippen MR) is 91.9 cm³/mol. The fourth-order valence-electron chi connectivity index (χ4n) is 2.34. The largest absolute Gasteiger partial charge is 0.497 e. The highest BCUT2D eigenvalue weighted by Gasteiger charge is 2.21. The van der Waals surface area contributed by atoms with Crippen molar-refractivity contribution in [2.75, 3.05) is 19.0 Å². The minimum Gasteiger partial charge on any atom is -0.497 e. The summed E-state index contributed by atoms with van der Waals surface area (Å²) in [6.07, 6.45) is 0. The molecule has 0 aliphatic rings. The molecule has 0 radical (unpaired) electrons. The molecule has 0 saturated heterocycles. The van der Waals surface area contributed by atoms with Crippen molar-refractivity contribution >= 4 is 28.5 Å². The number of ether oxygens (including phenoxy) is 2. The van der Waals surface area contributed by atoms with Gasteiger partial charge in [0.15, 0.2) is 6.61 Å². The van der Waals surface area contributed by atoms with Gasteiger partial charge >= 0.3 is 0 Å². The molecule has 0 saturated carbocycles. The topological polar surface area (TPSA) is 104 Å². The van der Waals surface area contributed by atoms with Crippen molar-refractivity contribution in [2.24, 2.45) is 5.73 Å². The fraction of sp³-hybridized carbons (Fsp3) is 0.111. The fourth-order valence-corrected chi connectivity index (χ4v) is 2.34. The lowest BCUT2D eigenvalue weighted by Gasteiger charge is -2.07. The third-order valence-electron chi connectivity index (χ3n) is 3.50. The SMILES string of the molecule is COc1ccc2c(NC(=O)COc3ccccc3)c(C(N)=O)oc2c1. The smallest absolute Gasteiger partial charge is 0.286 e. The maximum absolute atomic E-state index is 12.2. The summed E-state index contributed by atoms with van der Waals surface area (Å²) in [4.78, 5) is 23.8. The zero-order chi connectivity index (χ0) is 17.8. The van der Waals surface area contributed by atoms with Gasteiger partial charge in [-0.15, -0.1) is 0 Å². The van der Waals surface area contributed by atoms with Gasteiger partial charge in [0.05, 0.1) is 7.11 Å². The Bertz CT molecular complexity index is 918. The summed E-state index contributed by atoms with van der Waals surface area (Å²) in [5.74, 6) is -0.229. The van der Waals surface area contributed by atoms with Crippen LogP contribution in [0.4, 0.5) is 5.69 Å². The van der Waals surface area contributed by atoms with Crippen molar-refractivity contribution in [3.8, 4) is 11.5 Å². The van der Waals surface area contributed by atoms with E-state index in [9.17, 15) is 9.59 Å². The van der Waals surface area contributed by atoms with Gasteiger partial charge in [-0.2, -0.15) is 0 Å². The number of carbonyl (C=O) groups excluding carboxylic acids is 2. The molecule has 0 unspecified atom stereocenters. The van der Waals surface area contributed by atoms with Crippen molar-refractivity contribution in [1.82, 2.24) is 0 Å². The first-order valence-corrected chi connectivity index (χ1v) is 7.46. The summed E-state index contributed by atoms with van der Waals surface area (Å²) in [7, 11) is 1.52. The number of anilines is 1. The maximum Gasteiger partial charge on any atom is 0.286 e. The molecule has 3 N–H and O–H groups in total. The van der Waals surface area contributed by atoms with Crippen LogP contribution in [0, 0.1) is 0 Å². The Morgan fingerprint density at radius 2 is 1.88 bits per heavy atom. The molecule has 25 heavy (non-hydrogen) atoms. The van der Waals surface area contributed by atoms with Crippen LogP contribution in [0.3, 0.4) is 0 Å². The Morgan fingerprint density at radius 3 is 2.56 bits per heavy atom. The Labute approximate surface area is 143 Å². The first-order valence-electron chi connectivity index (χ1n) is 7.46. The number of nitrogens with two attached hydrogens (primary N) is 1. The highest BCUT2D eigenvalue weighted by Crippen LogP contribution is 2.33.